The molecule has 1 aliphatic rings. The van der Waals surface area contributed by atoms with Gasteiger partial charge in [-0.1, -0.05) is 54.6 Å². The van der Waals surface area contributed by atoms with E-state index in [1.54, 1.807) is 6.07 Å². The first-order valence-corrected chi connectivity index (χ1v) is 9.08. The van der Waals surface area contributed by atoms with Crippen molar-refractivity contribution in [2.45, 2.75) is 6.54 Å². The molecule has 26 heavy (non-hydrogen) atoms. The monoisotopic (exact) mass is 350 g/mol. The van der Waals surface area contributed by atoms with Crippen molar-refractivity contribution >= 4 is 12.0 Å². The summed E-state index contributed by atoms with van der Waals surface area (Å²) in [7, 11) is 1.42. The SMILES string of the molecule is COC(=O)c1cccc(CN2CCN(C/C=C/c3ccccc3)CC2)c1. The third-order valence-electron chi connectivity index (χ3n) is 4.69. The molecule has 136 valence electrons. The Kier molecular flexibility index (Phi) is 6.58. The first kappa shape index (κ1) is 18.4. The largest absolute Gasteiger partial charge is 0.465 e. The topological polar surface area (TPSA) is 32.8 Å². The third-order valence-corrected chi connectivity index (χ3v) is 4.69. The average molecular weight is 350 g/mol. The highest BCUT2D eigenvalue weighted by atomic mass is 16.5. The van der Waals surface area contributed by atoms with Crippen LogP contribution in [0, 0.1) is 0 Å². The minimum Gasteiger partial charge on any atom is -0.465 e. The van der Waals surface area contributed by atoms with Crippen LogP contribution in [0.1, 0.15) is 21.5 Å². The van der Waals surface area contributed by atoms with E-state index >= 15 is 0 Å². The lowest BCUT2D eigenvalue weighted by atomic mass is 10.1. The fourth-order valence-electron chi connectivity index (χ4n) is 3.20. The maximum atomic E-state index is 11.7. The lowest BCUT2D eigenvalue weighted by Crippen LogP contribution is -2.45. The first-order valence-electron chi connectivity index (χ1n) is 9.08. The molecule has 1 aliphatic heterocycles. The van der Waals surface area contributed by atoms with E-state index in [0.29, 0.717) is 5.56 Å². The van der Waals surface area contributed by atoms with Crippen molar-refractivity contribution in [3.8, 4) is 0 Å². The Bertz CT molecular complexity index is 735. The molecule has 0 aromatic heterocycles. The number of carbonyl (C=O) groups is 1. The van der Waals surface area contributed by atoms with Crippen molar-refractivity contribution in [2.24, 2.45) is 0 Å². The Hall–Kier alpha value is -2.43. The molecular weight excluding hydrogens is 324 g/mol. The molecule has 0 aliphatic carbocycles. The van der Waals surface area contributed by atoms with Crippen LogP contribution in [0.3, 0.4) is 0 Å². The fraction of sp³-hybridized carbons (Fsp3) is 0.318. The number of nitrogens with zero attached hydrogens (tertiary/aromatic N) is 2. The van der Waals surface area contributed by atoms with Crippen LogP contribution in [-0.4, -0.2) is 55.6 Å². The summed E-state index contributed by atoms with van der Waals surface area (Å²) in [6, 6.07) is 18.1. The molecule has 0 saturated carbocycles. The normalized spacial score (nSPS) is 16.0. The summed E-state index contributed by atoms with van der Waals surface area (Å²) < 4.78 is 4.80. The molecule has 2 aromatic carbocycles. The quantitative estimate of drug-likeness (QED) is 0.749. The second-order valence-corrected chi connectivity index (χ2v) is 6.58. The van der Waals surface area contributed by atoms with Gasteiger partial charge in [-0.15, -0.1) is 0 Å². The predicted octanol–water partition coefficient (Wildman–Crippen LogP) is 3.30. The first-order chi connectivity index (χ1) is 12.7. The number of piperazine rings is 1. The lowest BCUT2D eigenvalue weighted by molar-refractivity contribution is 0.0600. The third kappa shape index (κ3) is 5.28. The van der Waals surface area contributed by atoms with Gasteiger partial charge < -0.3 is 4.74 Å². The Balaban J connectivity index is 1.45. The number of benzene rings is 2. The van der Waals surface area contributed by atoms with Gasteiger partial charge in [0.25, 0.3) is 0 Å². The Morgan fingerprint density at radius 3 is 2.46 bits per heavy atom. The van der Waals surface area contributed by atoms with Crippen molar-refractivity contribution in [3.05, 3.63) is 77.4 Å². The molecule has 1 heterocycles. The van der Waals surface area contributed by atoms with Crippen molar-refractivity contribution in [3.63, 3.8) is 0 Å². The van der Waals surface area contributed by atoms with Gasteiger partial charge in [-0.2, -0.15) is 0 Å². The molecule has 1 saturated heterocycles. The second-order valence-electron chi connectivity index (χ2n) is 6.58. The smallest absolute Gasteiger partial charge is 0.337 e. The van der Waals surface area contributed by atoms with Crippen molar-refractivity contribution in [1.82, 2.24) is 9.80 Å². The summed E-state index contributed by atoms with van der Waals surface area (Å²) in [4.78, 5) is 16.6. The van der Waals surface area contributed by atoms with E-state index in [1.165, 1.54) is 12.7 Å². The summed E-state index contributed by atoms with van der Waals surface area (Å²) in [6.07, 6.45) is 4.43. The highest BCUT2D eigenvalue weighted by Crippen LogP contribution is 2.12. The van der Waals surface area contributed by atoms with Gasteiger partial charge in [-0.25, -0.2) is 4.79 Å². The standard InChI is InChI=1S/C22H26N2O2/c1-26-22(25)21-11-5-9-20(17-21)18-24-15-13-23(14-16-24)12-6-10-19-7-3-2-4-8-19/h2-11,17H,12-16,18H2,1H3/b10-6+. The zero-order valence-electron chi connectivity index (χ0n) is 15.3. The van der Waals surface area contributed by atoms with Gasteiger partial charge in [-0.3, -0.25) is 9.80 Å². The molecule has 1 fully saturated rings. The van der Waals surface area contributed by atoms with Crippen LogP contribution < -0.4 is 0 Å². The van der Waals surface area contributed by atoms with Crippen LogP contribution in [0.5, 0.6) is 0 Å². The highest BCUT2D eigenvalue weighted by molar-refractivity contribution is 5.89. The Labute approximate surface area is 155 Å². The molecule has 0 bridgehead atoms. The number of ether oxygens (including phenoxy) is 1. The molecule has 0 unspecified atom stereocenters. The Morgan fingerprint density at radius 2 is 1.73 bits per heavy atom. The number of hydrogen-bond acceptors (Lipinski definition) is 4. The maximum absolute atomic E-state index is 11.7. The zero-order valence-corrected chi connectivity index (χ0v) is 15.3. The number of methoxy groups -OCH3 is 1. The van der Waals surface area contributed by atoms with Gasteiger partial charge >= 0.3 is 5.97 Å². The van der Waals surface area contributed by atoms with Crippen molar-refractivity contribution in [2.75, 3.05) is 39.8 Å². The molecule has 0 amide bonds. The van der Waals surface area contributed by atoms with E-state index < -0.39 is 0 Å². The van der Waals surface area contributed by atoms with Gasteiger partial charge in [-0.05, 0) is 23.3 Å². The van der Waals surface area contributed by atoms with Crippen LogP contribution in [0.25, 0.3) is 6.08 Å². The predicted molar refractivity (Wildman–Crippen MR) is 105 cm³/mol. The van der Waals surface area contributed by atoms with Crippen LogP contribution in [0.15, 0.2) is 60.7 Å². The molecule has 4 nitrogen and oxygen atoms in total. The Morgan fingerprint density at radius 1 is 1.00 bits per heavy atom. The van der Waals surface area contributed by atoms with E-state index in [0.717, 1.165) is 44.8 Å². The minimum atomic E-state index is -0.276. The molecule has 0 spiro atoms. The van der Waals surface area contributed by atoms with E-state index in [-0.39, 0.29) is 5.97 Å². The van der Waals surface area contributed by atoms with E-state index in [2.05, 4.69) is 52.3 Å². The molecule has 0 atom stereocenters. The van der Waals surface area contributed by atoms with E-state index in [4.69, 9.17) is 4.74 Å². The molecule has 0 radical (unpaired) electrons. The van der Waals surface area contributed by atoms with Gasteiger partial charge in [0.15, 0.2) is 0 Å². The molecule has 2 aromatic rings. The number of esters is 1. The molecular formula is C22H26N2O2. The van der Waals surface area contributed by atoms with Crippen molar-refractivity contribution < 1.29 is 9.53 Å². The summed E-state index contributed by atoms with van der Waals surface area (Å²) in [5.74, 6) is -0.276. The highest BCUT2D eigenvalue weighted by Gasteiger charge is 2.16. The van der Waals surface area contributed by atoms with Crippen LogP contribution in [0.2, 0.25) is 0 Å². The average Bonchev–Trinajstić information content (AvgIpc) is 2.70. The van der Waals surface area contributed by atoms with E-state index in [9.17, 15) is 4.79 Å². The molecule has 4 heteroatoms. The number of carbonyl (C=O) groups excluding carboxylic acids is 1. The fourth-order valence-corrected chi connectivity index (χ4v) is 3.20. The summed E-state index contributed by atoms with van der Waals surface area (Å²) in [5.41, 5.74) is 3.02. The van der Waals surface area contributed by atoms with Gasteiger partial charge in [0, 0.05) is 39.3 Å². The van der Waals surface area contributed by atoms with Gasteiger partial charge in [0.2, 0.25) is 0 Å². The summed E-state index contributed by atoms with van der Waals surface area (Å²) >= 11 is 0. The van der Waals surface area contributed by atoms with E-state index in [1.807, 2.05) is 18.2 Å². The zero-order chi connectivity index (χ0) is 18.2. The summed E-state index contributed by atoms with van der Waals surface area (Å²) in [6.45, 7) is 6.08. The van der Waals surface area contributed by atoms with Gasteiger partial charge in [0.1, 0.15) is 0 Å². The van der Waals surface area contributed by atoms with Crippen molar-refractivity contribution in [1.29, 1.82) is 0 Å². The van der Waals surface area contributed by atoms with Crippen LogP contribution in [-0.2, 0) is 11.3 Å². The number of rotatable bonds is 6. The second kappa shape index (κ2) is 9.32. The van der Waals surface area contributed by atoms with Crippen LogP contribution >= 0.6 is 0 Å². The van der Waals surface area contributed by atoms with Gasteiger partial charge in [0.05, 0.1) is 12.7 Å². The summed E-state index contributed by atoms with van der Waals surface area (Å²) in [5, 5.41) is 0. The van der Waals surface area contributed by atoms with Crippen LogP contribution in [0.4, 0.5) is 0 Å². The lowest BCUT2D eigenvalue weighted by Gasteiger charge is -2.34. The molecule has 0 N–H and O–H groups in total. The molecule has 3 rings (SSSR count). The maximum Gasteiger partial charge on any atom is 0.337 e. The number of hydrogen-bond donors (Lipinski definition) is 0. The minimum absolute atomic E-state index is 0.276.